The molecule has 6 rings (SSSR count). The van der Waals surface area contributed by atoms with Crippen LogP contribution in [-0.2, 0) is 43.5 Å². The molecule has 0 saturated heterocycles. The molecule has 0 unspecified atom stereocenters. The van der Waals surface area contributed by atoms with Crippen molar-refractivity contribution < 1.29 is 26.2 Å². The molecular formula is C38H40Cl2SiZr. The number of hydrogen-bond donors (Lipinski definition) is 0. The van der Waals surface area contributed by atoms with Crippen LogP contribution in [0.2, 0.25) is 0 Å². The summed E-state index contributed by atoms with van der Waals surface area (Å²) in [6.07, 6.45) is 0.944. The second kappa shape index (κ2) is 15.1. The van der Waals surface area contributed by atoms with Crippen LogP contribution in [0, 0.1) is 6.07 Å². The van der Waals surface area contributed by atoms with Gasteiger partial charge in [0.1, 0.15) is 0 Å². The fourth-order valence-electron chi connectivity index (χ4n) is 5.42. The van der Waals surface area contributed by atoms with Crippen molar-refractivity contribution in [3.63, 3.8) is 0 Å². The monoisotopic (exact) mass is 684 g/mol. The van der Waals surface area contributed by atoms with Gasteiger partial charge in [0.15, 0.2) is 0 Å². The summed E-state index contributed by atoms with van der Waals surface area (Å²) in [5, 5.41) is 0. The predicted octanol–water partition coefficient (Wildman–Crippen LogP) is 10.9. The molecule has 0 aromatic heterocycles. The van der Waals surface area contributed by atoms with Crippen molar-refractivity contribution in [1.29, 1.82) is 0 Å². The van der Waals surface area contributed by atoms with Gasteiger partial charge in [-0.3, -0.25) is 0 Å². The molecule has 0 heterocycles. The van der Waals surface area contributed by atoms with E-state index in [2.05, 4.69) is 126 Å². The third kappa shape index (κ3) is 8.29. The second-order valence-electron chi connectivity index (χ2n) is 12.5. The van der Waals surface area contributed by atoms with Crippen molar-refractivity contribution in [2.45, 2.75) is 58.8 Å². The Morgan fingerprint density at radius 1 is 0.643 bits per heavy atom. The maximum atomic E-state index is 4.90. The Bertz CT molecular complexity index is 1420. The fraction of sp³-hybridized carbons (Fsp3) is 0.237. The van der Waals surface area contributed by atoms with Gasteiger partial charge in [-0.2, -0.15) is 40.4 Å². The molecule has 0 spiro atoms. The van der Waals surface area contributed by atoms with Gasteiger partial charge >= 0.3 is 26.2 Å². The van der Waals surface area contributed by atoms with Gasteiger partial charge in [-0.05, 0) is 39.5 Å². The summed E-state index contributed by atoms with van der Waals surface area (Å²) in [5.74, 6) is 0. The molecule has 42 heavy (non-hydrogen) atoms. The first-order valence-corrected chi connectivity index (χ1v) is 18.5. The maximum Gasteiger partial charge on any atom is 2.00 e. The van der Waals surface area contributed by atoms with Crippen molar-refractivity contribution in [1.82, 2.24) is 0 Å². The summed E-state index contributed by atoms with van der Waals surface area (Å²) < 4.78 is 0. The van der Waals surface area contributed by atoms with E-state index in [1.165, 1.54) is 55.6 Å². The molecule has 0 fully saturated rings. The van der Waals surface area contributed by atoms with Crippen LogP contribution >= 0.6 is 22.2 Å². The standard InChI is InChI=1S/C33H33.C5H5.Cl2H2Si.Zr/c1-32(2,3)30-20-26-24(18-28(30)22-13-9-7-10-14-22)17-25-19-29(23-15-11-8-12-16-23)31(21-27(25)26)33(4,5)6;1-2-4-5-3-1;1-3-2;/h7-16,18,20-21H,17H2,1-6H3;1-5H;3H2;/q2*-1;;+2. The van der Waals surface area contributed by atoms with Gasteiger partial charge in [0.2, 0.25) is 8.14 Å². The first kappa shape index (κ1) is 34.4. The van der Waals surface area contributed by atoms with Crippen LogP contribution in [0.1, 0.15) is 63.8 Å². The van der Waals surface area contributed by atoms with E-state index in [0.29, 0.717) is 0 Å². The zero-order valence-corrected chi connectivity index (χ0v) is 30.9. The average molecular weight is 687 g/mol. The Morgan fingerprint density at radius 3 is 1.62 bits per heavy atom. The summed E-state index contributed by atoms with van der Waals surface area (Å²) in [7, 11) is -0.639. The van der Waals surface area contributed by atoms with Gasteiger partial charge in [0.25, 0.3) is 0 Å². The Balaban J connectivity index is 0.000000473. The molecule has 1 aliphatic carbocycles. The van der Waals surface area contributed by atoms with E-state index in [1.807, 2.05) is 30.3 Å². The molecule has 0 radical (unpaired) electrons. The van der Waals surface area contributed by atoms with E-state index in [4.69, 9.17) is 22.2 Å². The Morgan fingerprint density at radius 2 is 1.14 bits per heavy atom. The third-order valence-corrected chi connectivity index (χ3v) is 7.38. The zero-order valence-electron chi connectivity index (χ0n) is 25.6. The average Bonchev–Trinajstić information content (AvgIpc) is 3.64. The smallest absolute Gasteiger partial charge is 0.214 e. The number of hydrogen-bond acceptors (Lipinski definition) is 0. The minimum atomic E-state index is -0.639. The SMILES string of the molecule is CC(C)(C)c1cc2c([c-]c1-c1ccccc1)Cc1cc(-c3ccccc3)c(C(C)(C)C)cc1-2.Cl[SiH2]Cl.[Zr+2].c1cc[cH-]c1. The molecule has 0 N–H and O–H groups in total. The summed E-state index contributed by atoms with van der Waals surface area (Å²) in [4.78, 5) is 0. The first-order valence-electron chi connectivity index (χ1n) is 14.2. The largest absolute Gasteiger partial charge is 2.00 e. The number of halogens is 2. The zero-order chi connectivity index (χ0) is 29.6. The fourth-order valence-corrected chi connectivity index (χ4v) is 5.42. The number of fused-ring (bicyclic) bond motifs is 3. The van der Waals surface area contributed by atoms with Gasteiger partial charge < -0.3 is 0 Å². The maximum absolute atomic E-state index is 4.90. The normalized spacial score (nSPS) is 11.6. The van der Waals surface area contributed by atoms with E-state index in [9.17, 15) is 0 Å². The van der Waals surface area contributed by atoms with Crippen LogP contribution in [0.15, 0.2) is 109 Å². The van der Waals surface area contributed by atoms with Gasteiger partial charge in [-0.25, -0.2) is 12.1 Å². The summed E-state index contributed by atoms with van der Waals surface area (Å²) in [5.41, 5.74) is 13.5. The molecule has 0 saturated carbocycles. The Hall–Kier alpha value is -2.09. The third-order valence-electron chi connectivity index (χ3n) is 7.38. The minimum absolute atomic E-state index is 0. The van der Waals surface area contributed by atoms with Crippen LogP contribution < -0.4 is 0 Å². The molecule has 5 aromatic carbocycles. The Labute approximate surface area is 284 Å². The van der Waals surface area contributed by atoms with E-state index < -0.39 is 8.14 Å². The van der Waals surface area contributed by atoms with Crippen molar-refractivity contribution >= 4 is 30.3 Å². The van der Waals surface area contributed by atoms with E-state index in [1.54, 1.807) is 0 Å². The second-order valence-corrected chi connectivity index (χ2v) is 15.1. The molecule has 1 aliphatic rings. The van der Waals surface area contributed by atoms with Gasteiger partial charge in [0, 0.05) is 0 Å². The molecule has 5 aromatic rings. The van der Waals surface area contributed by atoms with Crippen molar-refractivity contribution in [3.05, 3.63) is 138 Å². The topological polar surface area (TPSA) is 0 Å². The van der Waals surface area contributed by atoms with Crippen LogP contribution in [-0.4, -0.2) is 8.14 Å². The molecular weight excluding hydrogens is 647 g/mol. The predicted molar refractivity (Wildman–Crippen MR) is 184 cm³/mol. The van der Waals surface area contributed by atoms with E-state index in [0.717, 1.165) is 6.42 Å². The van der Waals surface area contributed by atoms with Crippen LogP contribution in [0.25, 0.3) is 33.4 Å². The first-order chi connectivity index (χ1) is 19.5. The van der Waals surface area contributed by atoms with E-state index in [-0.39, 0.29) is 37.0 Å². The molecule has 0 atom stereocenters. The molecule has 214 valence electrons. The molecule has 0 nitrogen and oxygen atoms in total. The van der Waals surface area contributed by atoms with Crippen LogP contribution in [0.5, 0.6) is 0 Å². The quantitative estimate of drug-likeness (QED) is 0.0966. The molecule has 4 heteroatoms. The van der Waals surface area contributed by atoms with Crippen molar-refractivity contribution in [2.24, 2.45) is 0 Å². The minimum Gasteiger partial charge on any atom is -0.214 e. The van der Waals surface area contributed by atoms with E-state index >= 15 is 0 Å². The van der Waals surface area contributed by atoms with Gasteiger partial charge in [-0.1, -0.05) is 131 Å². The molecule has 0 aliphatic heterocycles. The number of benzene rings is 4. The summed E-state index contributed by atoms with van der Waals surface area (Å²) in [6, 6.07) is 42.8. The van der Waals surface area contributed by atoms with Gasteiger partial charge in [-0.15, -0.1) is 28.8 Å². The summed E-state index contributed by atoms with van der Waals surface area (Å²) >= 11 is 9.81. The number of rotatable bonds is 2. The van der Waals surface area contributed by atoms with Crippen LogP contribution in [0.4, 0.5) is 0 Å². The van der Waals surface area contributed by atoms with Gasteiger partial charge in [0.05, 0.1) is 0 Å². The van der Waals surface area contributed by atoms with Crippen LogP contribution in [0.3, 0.4) is 0 Å². The molecule has 0 bridgehead atoms. The molecule has 0 amide bonds. The summed E-state index contributed by atoms with van der Waals surface area (Å²) in [6.45, 7) is 13.9. The Kier molecular flexibility index (Phi) is 12.3. The van der Waals surface area contributed by atoms with Crippen molar-refractivity contribution in [2.75, 3.05) is 0 Å². The van der Waals surface area contributed by atoms with Crippen molar-refractivity contribution in [3.8, 4) is 33.4 Å².